The average Bonchev–Trinajstić information content (AvgIpc) is 2.69. The van der Waals surface area contributed by atoms with E-state index in [0.29, 0.717) is 37.4 Å². The normalized spacial score (nSPS) is 14.6. The summed E-state index contributed by atoms with van der Waals surface area (Å²) >= 11 is 6.14. The van der Waals surface area contributed by atoms with E-state index in [0.717, 1.165) is 6.07 Å². The number of carbonyl (C=O) groups excluding carboxylic acids is 1. The van der Waals surface area contributed by atoms with Crippen LogP contribution in [0.25, 0.3) is 0 Å². The summed E-state index contributed by atoms with van der Waals surface area (Å²) in [6, 6.07) is 8.37. The molecule has 3 rings (SSSR count). The Balaban J connectivity index is 1.74. The van der Waals surface area contributed by atoms with Gasteiger partial charge in [0.1, 0.15) is 23.4 Å². The highest BCUT2D eigenvalue weighted by Crippen LogP contribution is 2.36. The van der Waals surface area contributed by atoms with E-state index in [9.17, 15) is 19.3 Å². The number of carbonyl (C=O) groups is 1. The van der Waals surface area contributed by atoms with Crippen molar-refractivity contribution in [1.29, 1.82) is 0 Å². The first-order valence-electron chi connectivity index (χ1n) is 8.62. The molecule has 0 spiro atoms. The van der Waals surface area contributed by atoms with Crippen molar-refractivity contribution < 1.29 is 23.6 Å². The fraction of sp³-hybridized carbons (Fsp3) is 0.316. The molecular formula is C19H18ClFN2O5. The summed E-state index contributed by atoms with van der Waals surface area (Å²) in [5.74, 6) is -0.482. The SMILES string of the molecule is COC(=O)c1cc([N+](=O)[O-])c(N2CCC(Oc3ccc(F)cc3)CC2)cc1Cl. The maximum atomic E-state index is 13.0. The zero-order chi connectivity index (χ0) is 20.3. The molecule has 148 valence electrons. The van der Waals surface area contributed by atoms with Crippen LogP contribution in [0.3, 0.4) is 0 Å². The molecule has 9 heteroatoms. The summed E-state index contributed by atoms with van der Waals surface area (Å²) in [5.41, 5.74) is 0.0970. The highest BCUT2D eigenvalue weighted by molar-refractivity contribution is 6.34. The molecule has 2 aromatic carbocycles. The van der Waals surface area contributed by atoms with Crippen molar-refractivity contribution in [2.45, 2.75) is 18.9 Å². The van der Waals surface area contributed by atoms with E-state index in [4.69, 9.17) is 16.3 Å². The number of nitro groups is 1. The van der Waals surface area contributed by atoms with Crippen LogP contribution in [0, 0.1) is 15.9 Å². The van der Waals surface area contributed by atoms with Gasteiger partial charge in [-0.2, -0.15) is 0 Å². The minimum absolute atomic E-state index is 0.0471. The smallest absolute Gasteiger partial charge is 0.339 e. The number of nitrogens with zero attached hydrogens (tertiary/aromatic N) is 2. The van der Waals surface area contributed by atoms with Crippen molar-refractivity contribution in [2.24, 2.45) is 0 Å². The molecule has 1 aliphatic heterocycles. The number of anilines is 1. The van der Waals surface area contributed by atoms with Gasteiger partial charge in [0, 0.05) is 32.0 Å². The van der Waals surface area contributed by atoms with E-state index in [2.05, 4.69) is 4.74 Å². The molecule has 0 saturated carbocycles. The topological polar surface area (TPSA) is 81.9 Å². The molecule has 0 N–H and O–H groups in total. The van der Waals surface area contributed by atoms with Crippen LogP contribution in [-0.4, -0.2) is 37.2 Å². The van der Waals surface area contributed by atoms with Gasteiger partial charge in [-0.05, 0) is 30.3 Å². The molecule has 7 nitrogen and oxygen atoms in total. The standard InChI is InChI=1S/C19H18ClFN2O5/c1-27-19(24)15-10-18(23(25)26)17(11-16(15)20)22-8-6-14(7-9-22)28-13-4-2-12(21)3-5-13/h2-5,10-11,14H,6-9H2,1H3. The Morgan fingerprint density at radius 1 is 1.25 bits per heavy atom. The van der Waals surface area contributed by atoms with Gasteiger partial charge in [0.2, 0.25) is 0 Å². The lowest BCUT2D eigenvalue weighted by Gasteiger charge is -2.33. The molecule has 0 bridgehead atoms. The van der Waals surface area contributed by atoms with Crippen LogP contribution < -0.4 is 9.64 Å². The lowest BCUT2D eigenvalue weighted by atomic mass is 10.1. The van der Waals surface area contributed by atoms with Crippen LogP contribution >= 0.6 is 11.6 Å². The summed E-state index contributed by atoms with van der Waals surface area (Å²) in [5, 5.41) is 11.6. The van der Waals surface area contributed by atoms with E-state index < -0.39 is 10.9 Å². The van der Waals surface area contributed by atoms with Crippen molar-refractivity contribution in [3.05, 3.63) is 62.9 Å². The molecule has 1 aliphatic rings. The minimum atomic E-state index is -0.731. The number of methoxy groups -OCH3 is 1. The largest absolute Gasteiger partial charge is 0.490 e. The molecular weight excluding hydrogens is 391 g/mol. The van der Waals surface area contributed by atoms with E-state index in [-0.39, 0.29) is 28.2 Å². The summed E-state index contributed by atoms with van der Waals surface area (Å²) in [4.78, 5) is 24.6. The van der Waals surface area contributed by atoms with Gasteiger partial charge in [0.25, 0.3) is 5.69 Å². The molecule has 1 heterocycles. The molecule has 0 atom stereocenters. The van der Waals surface area contributed by atoms with Crippen LogP contribution in [0.2, 0.25) is 5.02 Å². The number of halogens is 2. The third-order valence-electron chi connectivity index (χ3n) is 4.57. The van der Waals surface area contributed by atoms with Gasteiger partial charge < -0.3 is 14.4 Å². The number of nitro benzene ring substituents is 1. The number of hydrogen-bond donors (Lipinski definition) is 0. The maximum absolute atomic E-state index is 13.0. The van der Waals surface area contributed by atoms with E-state index in [1.807, 2.05) is 4.90 Å². The molecule has 1 saturated heterocycles. The maximum Gasteiger partial charge on any atom is 0.339 e. The molecule has 0 radical (unpaired) electrons. The monoisotopic (exact) mass is 408 g/mol. The first kappa shape index (κ1) is 19.9. The fourth-order valence-electron chi connectivity index (χ4n) is 3.14. The highest BCUT2D eigenvalue weighted by Gasteiger charge is 2.28. The second-order valence-electron chi connectivity index (χ2n) is 6.33. The summed E-state index contributed by atoms with van der Waals surface area (Å²) in [7, 11) is 1.18. The Bertz CT molecular complexity index is 883. The molecule has 28 heavy (non-hydrogen) atoms. The Morgan fingerprint density at radius 3 is 2.46 bits per heavy atom. The van der Waals surface area contributed by atoms with Crippen LogP contribution in [-0.2, 0) is 4.74 Å². The number of rotatable bonds is 5. The zero-order valence-electron chi connectivity index (χ0n) is 15.1. The van der Waals surface area contributed by atoms with Crippen molar-refractivity contribution in [1.82, 2.24) is 0 Å². The third kappa shape index (κ3) is 4.33. The quantitative estimate of drug-likeness (QED) is 0.418. The van der Waals surface area contributed by atoms with Crippen LogP contribution in [0.5, 0.6) is 5.75 Å². The molecule has 0 unspecified atom stereocenters. The molecule has 0 amide bonds. The number of ether oxygens (including phenoxy) is 2. The summed E-state index contributed by atoms with van der Waals surface area (Å²) in [6.07, 6.45) is 1.18. The van der Waals surface area contributed by atoms with Crippen LogP contribution in [0.1, 0.15) is 23.2 Å². The van der Waals surface area contributed by atoms with Gasteiger partial charge in [0.15, 0.2) is 0 Å². The lowest BCUT2D eigenvalue weighted by Crippen LogP contribution is -2.38. The Labute approximate surface area is 165 Å². The Kier molecular flexibility index (Phi) is 5.99. The summed E-state index contributed by atoms with van der Waals surface area (Å²) < 4.78 is 23.4. The van der Waals surface area contributed by atoms with Crippen LogP contribution in [0.4, 0.5) is 15.8 Å². The molecule has 1 fully saturated rings. The number of benzene rings is 2. The Hall–Kier alpha value is -2.87. The second kappa shape index (κ2) is 8.43. The molecule has 0 aliphatic carbocycles. The van der Waals surface area contributed by atoms with E-state index in [1.54, 1.807) is 12.1 Å². The van der Waals surface area contributed by atoms with Gasteiger partial charge in [-0.3, -0.25) is 10.1 Å². The van der Waals surface area contributed by atoms with E-state index >= 15 is 0 Å². The van der Waals surface area contributed by atoms with Crippen molar-refractivity contribution in [2.75, 3.05) is 25.1 Å². The van der Waals surface area contributed by atoms with E-state index in [1.165, 1.54) is 25.3 Å². The molecule has 2 aromatic rings. The predicted octanol–water partition coefficient (Wildman–Crippen LogP) is 4.22. The first-order chi connectivity index (χ1) is 13.4. The Morgan fingerprint density at radius 2 is 1.89 bits per heavy atom. The average molecular weight is 409 g/mol. The minimum Gasteiger partial charge on any atom is -0.490 e. The third-order valence-corrected chi connectivity index (χ3v) is 4.88. The van der Waals surface area contributed by atoms with Crippen molar-refractivity contribution in [3.8, 4) is 5.75 Å². The summed E-state index contributed by atoms with van der Waals surface area (Å²) in [6.45, 7) is 1.03. The van der Waals surface area contributed by atoms with Gasteiger partial charge in [-0.1, -0.05) is 11.6 Å². The lowest BCUT2D eigenvalue weighted by molar-refractivity contribution is -0.384. The number of esters is 1. The van der Waals surface area contributed by atoms with Crippen LogP contribution in [0.15, 0.2) is 36.4 Å². The van der Waals surface area contributed by atoms with Gasteiger partial charge in [-0.25, -0.2) is 9.18 Å². The predicted molar refractivity (Wildman–Crippen MR) is 102 cm³/mol. The van der Waals surface area contributed by atoms with Gasteiger partial charge in [-0.15, -0.1) is 0 Å². The fourth-order valence-corrected chi connectivity index (χ4v) is 3.37. The molecule has 0 aromatic heterocycles. The number of hydrogen-bond acceptors (Lipinski definition) is 6. The zero-order valence-corrected chi connectivity index (χ0v) is 15.8. The first-order valence-corrected chi connectivity index (χ1v) is 9.00. The second-order valence-corrected chi connectivity index (χ2v) is 6.73. The highest BCUT2D eigenvalue weighted by atomic mass is 35.5. The van der Waals surface area contributed by atoms with Gasteiger partial charge >= 0.3 is 5.97 Å². The van der Waals surface area contributed by atoms with Gasteiger partial charge in [0.05, 0.1) is 22.6 Å². The van der Waals surface area contributed by atoms with Crippen molar-refractivity contribution in [3.63, 3.8) is 0 Å². The van der Waals surface area contributed by atoms with Crippen molar-refractivity contribution >= 4 is 28.9 Å². The number of piperidine rings is 1.